The van der Waals surface area contributed by atoms with Gasteiger partial charge in [-0.2, -0.15) is 4.98 Å². The van der Waals surface area contributed by atoms with Crippen molar-refractivity contribution in [2.75, 3.05) is 23.7 Å². The van der Waals surface area contributed by atoms with Crippen LogP contribution < -0.4 is 16.1 Å². The van der Waals surface area contributed by atoms with E-state index in [1.165, 1.54) is 11.0 Å². The average Bonchev–Trinajstić information content (AvgIpc) is 3.10. The van der Waals surface area contributed by atoms with Crippen LogP contribution in [0.25, 0.3) is 11.2 Å². The molecule has 0 saturated carbocycles. The third-order valence-corrected chi connectivity index (χ3v) is 6.19. The number of rotatable bonds is 6. The van der Waals surface area contributed by atoms with Crippen molar-refractivity contribution in [2.45, 2.75) is 37.9 Å². The van der Waals surface area contributed by atoms with Crippen LogP contribution in [-0.2, 0) is 13.6 Å². The predicted molar refractivity (Wildman–Crippen MR) is 114 cm³/mol. The summed E-state index contributed by atoms with van der Waals surface area (Å²) >= 11 is 1.59. The molecule has 1 atom stereocenters. The maximum Gasteiger partial charge on any atom is 0.329 e. The fourth-order valence-electron chi connectivity index (χ4n) is 3.79. The molecule has 9 nitrogen and oxygen atoms in total. The van der Waals surface area contributed by atoms with E-state index in [1.807, 2.05) is 4.57 Å². The normalized spacial score (nSPS) is 17.2. The molecule has 1 fully saturated rings. The Morgan fingerprint density at radius 1 is 1.28 bits per heavy atom. The third kappa shape index (κ3) is 4.07. The van der Waals surface area contributed by atoms with Crippen molar-refractivity contribution in [3.63, 3.8) is 0 Å². The SMILES string of the molecule is C[C@@H]1CCCN(c2nc3c(c(=O)[nH]c(=O)n3C)n2CCCSc2ncccn2)C1. The number of imidazole rings is 1. The molecular weight excluding hydrogens is 390 g/mol. The van der Waals surface area contributed by atoms with Gasteiger partial charge < -0.3 is 9.47 Å². The Kier molecular flexibility index (Phi) is 5.70. The highest BCUT2D eigenvalue weighted by atomic mass is 32.2. The lowest BCUT2D eigenvalue weighted by molar-refractivity contribution is 0.438. The van der Waals surface area contributed by atoms with Gasteiger partial charge in [0, 0.05) is 44.8 Å². The van der Waals surface area contributed by atoms with Gasteiger partial charge in [0.1, 0.15) is 0 Å². The molecule has 4 heterocycles. The number of anilines is 1. The fraction of sp³-hybridized carbons (Fsp3) is 0.526. The Bertz CT molecular complexity index is 1110. The fourth-order valence-corrected chi connectivity index (χ4v) is 4.52. The number of nitrogens with one attached hydrogen (secondary N) is 1. The van der Waals surface area contributed by atoms with Crippen molar-refractivity contribution in [2.24, 2.45) is 13.0 Å². The van der Waals surface area contributed by atoms with Crippen molar-refractivity contribution in [1.29, 1.82) is 0 Å². The Labute approximate surface area is 172 Å². The topological polar surface area (TPSA) is 102 Å². The number of fused-ring (bicyclic) bond motifs is 1. The van der Waals surface area contributed by atoms with Crippen LogP contribution in [0.1, 0.15) is 26.2 Å². The molecule has 29 heavy (non-hydrogen) atoms. The maximum absolute atomic E-state index is 12.6. The molecule has 1 N–H and O–H groups in total. The van der Waals surface area contributed by atoms with E-state index in [1.54, 1.807) is 37.3 Å². The lowest BCUT2D eigenvalue weighted by Crippen LogP contribution is -2.36. The van der Waals surface area contributed by atoms with E-state index >= 15 is 0 Å². The maximum atomic E-state index is 12.6. The van der Waals surface area contributed by atoms with Crippen molar-refractivity contribution < 1.29 is 0 Å². The standard InChI is InChI=1S/C19H25N7O2S/c1-13-6-3-9-25(12-13)18-22-15-14(16(27)23-19(28)24(15)2)26(18)10-5-11-29-17-20-7-4-8-21-17/h4,7-8,13H,3,5-6,9-12H2,1-2H3,(H,23,27,28)/t13-/m1/s1. The van der Waals surface area contributed by atoms with Crippen molar-refractivity contribution in [1.82, 2.24) is 29.1 Å². The number of hydrogen-bond donors (Lipinski definition) is 1. The molecule has 154 valence electrons. The summed E-state index contributed by atoms with van der Waals surface area (Å²) in [6.07, 6.45) is 6.58. The molecule has 3 aromatic rings. The molecule has 0 bridgehead atoms. The van der Waals surface area contributed by atoms with Gasteiger partial charge in [0.2, 0.25) is 5.95 Å². The summed E-state index contributed by atoms with van der Waals surface area (Å²) in [6.45, 7) is 4.68. The Morgan fingerprint density at radius 2 is 2.07 bits per heavy atom. The number of aromatic nitrogens is 6. The predicted octanol–water partition coefficient (Wildman–Crippen LogP) is 1.63. The number of aryl methyl sites for hydroxylation is 2. The van der Waals surface area contributed by atoms with Crippen LogP contribution in [0.5, 0.6) is 0 Å². The molecule has 0 unspecified atom stereocenters. The molecule has 1 aliphatic rings. The summed E-state index contributed by atoms with van der Waals surface area (Å²) in [5.41, 5.74) is 0.0701. The number of thioether (sulfide) groups is 1. The Balaban J connectivity index is 1.64. The zero-order valence-corrected chi connectivity index (χ0v) is 17.5. The van der Waals surface area contributed by atoms with E-state index in [4.69, 9.17) is 4.98 Å². The minimum absolute atomic E-state index is 0.383. The smallest absolute Gasteiger partial charge is 0.329 e. The van der Waals surface area contributed by atoms with Crippen LogP contribution >= 0.6 is 11.8 Å². The zero-order valence-electron chi connectivity index (χ0n) is 16.7. The van der Waals surface area contributed by atoms with Crippen molar-refractivity contribution in [3.8, 4) is 0 Å². The molecule has 4 rings (SSSR count). The summed E-state index contributed by atoms with van der Waals surface area (Å²) in [4.78, 5) is 42.5. The van der Waals surface area contributed by atoms with Crippen molar-refractivity contribution in [3.05, 3.63) is 39.3 Å². The minimum Gasteiger partial charge on any atom is -0.342 e. The second-order valence-corrected chi connectivity index (χ2v) is 8.54. The van der Waals surface area contributed by atoms with E-state index in [0.717, 1.165) is 42.8 Å². The van der Waals surface area contributed by atoms with Crippen LogP contribution in [0.3, 0.4) is 0 Å². The van der Waals surface area contributed by atoms with E-state index < -0.39 is 5.69 Å². The minimum atomic E-state index is -0.442. The third-order valence-electron chi connectivity index (χ3n) is 5.23. The summed E-state index contributed by atoms with van der Waals surface area (Å²) < 4.78 is 3.38. The quantitative estimate of drug-likeness (QED) is 0.371. The van der Waals surface area contributed by atoms with Gasteiger partial charge in [-0.15, -0.1) is 0 Å². The second-order valence-electron chi connectivity index (χ2n) is 7.48. The van der Waals surface area contributed by atoms with Crippen LogP contribution in [-0.4, -0.2) is 47.9 Å². The molecule has 1 aliphatic heterocycles. The largest absolute Gasteiger partial charge is 0.342 e. The number of H-pyrrole nitrogens is 1. The molecule has 0 spiro atoms. The van der Waals surface area contributed by atoms with Gasteiger partial charge in [0.15, 0.2) is 16.3 Å². The van der Waals surface area contributed by atoms with E-state index in [-0.39, 0.29) is 5.56 Å². The van der Waals surface area contributed by atoms with E-state index in [0.29, 0.717) is 23.6 Å². The average molecular weight is 416 g/mol. The first-order valence-corrected chi connectivity index (χ1v) is 10.9. The van der Waals surface area contributed by atoms with Crippen LogP contribution in [0.15, 0.2) is 33.2 Å². The van der Waals surface area contributed by atoms with Gasteiger partial charge in [-0.05, 0) is 31.2 Å². The summed E-state index contributed by atoms with van der Waals surface area (Å²) in [7, 11) is 1.64. The number of nitrogens with zero attached hydrogens (tertiary/aromatic N) is 6. The Morgan fingerprint density at radius 3 is 2.83 bits per heavy atom. The van der Waals surface area contributed by atoms with Crippen LogP contribution in [0.4, 0.5) is 5.95 Å². The van der Waals surface area contributed by atoms with E-state index in [9.17, 15) is 9.59 Å². The molecule has 0 aliphatic carbocycles. The molecule has 1 saturated heterocycles. The molecule has 3 aromatic heterocycles. The lowest BCUT2D eigenvalue weighted by Gasteiger charge is -2.32. The zero-order chi connectivity index (χ0) is 20.4. The first-order valence-electron chi connectivity index (χ1n) is 9.89. The van der Waals surface area contributed by atoms with Gasteiger partial charge in [-0.3, -0.25) is 14.3 Å². The van der Waals surface area contributed by atoms with Crippen LogP contribution in [0, 0.1) is 5.92 Å². The second kappa shape index (κ2) is 8.40. The molecule has 0 radical (unpaired) electrons. The molecular formula is C19H25N7O2S. The van der Waals surface area contributed by atoms with Gasteiger partial charge in [0.05, 0.1) is 0 Å². The number of hydrogen-bond acceptors (Lipinski definition) is 7. The highest BCUT2D eigenvalue weighted by molar-refractivity contribution is 7.99. The number of piperidine rings is 1. The first kappa shape index (κ1) is 19.7. The van der Waals surface area contributed by atoms with Gasteiger partial charge in [0.25, 0.3) is 5.56 Å². The highest BCUT2D eigenvalue weighted by Crippen LogP contribution is 2.25. The molecule has 0 amide bonds. The molecule has 0 aromatic carbocycles. The monoisotopic (exact) mass is 415 g/mol. The van der Waals surface area contributed by atoms with Gasteiger partial charge in [-0.25, -0.2) is 14.8 Å². The summed E-state index contributed by atoms with van der Waals surface area (Å²) in [5, 5.41) is 0.744. The highest BCUT2D eigenvalue weighted by Gasteiger charge is 2.24. The summed E-state index contributed by atoms with van der Waals surface area (Å²) in [6, 6.07) is 1.80. The van der Waals surface area contributed by atoms with Gasteiger partial charge in [-0.1, -0.05) is 18.7 Å². The molecule has 10 heteroatoms. The van der Waals surface area contributed by atoms with E-state index in [2.05, 4.69) is 26.8 Å². The van der Waals surface area contributed by atoms with Crippen LogP contribution in [0.2, 0.25) is 0 Å². The first-order chi connectivity index (χ1) is 14.0. The van der Waals surface area contributed by atoms with Gasteiger partial charge >= 0.3 is 5.69 Å². The van der Waals surface area contributed by atoms with Crippen molar-refractivity contribution >= 4 is 28.9 Å². The Hall–Kier alpha value is -2.62. The number of aromatic amines is 1. The lowest BCUT2D eigenvalue weighted by atomic mass is 10.0. The summed E-state index contributed by atoms with van der Waals surface area (Å²) in [5.74, 6) is 2.17.